The summed E-state index contributed by atoms with van der Waals surface area (Å²) in [5.41, 5.74) is 1.77. The van der Waals surface area contributed by atoms with Crippen LogP contribution in [0.3, 0.4) is 0 Å². The Morgan fingerprint density at radius 3 is 2.15 bits per heavy atom. The van der Waals surface area contributed by atoms with Gasteiger partial charge in [0.05, 0.1) is 11.4 Å². The molecule has 0 aromatic heterocycles. The summed E-state index contributed by atoms with van der Waals surface area (Å²) in [5, 5.41) is 2.73. The summed E-state index contributed by atoms with van der Waals surface area (Å²) in [4.78, 5) is 16.4. The Hall–Kier alpha value is -2.86. The predicted octanol–water partition coefficient (Wildman–Crippen LogP) is 5.48. The lowest BCUT2D eigenvalue weighted by Crippen LogP contribution is -2.38. The number of hydrogen-bond donors (Lipinski definition) is 1. The second-order valence-electron chi connectivity index (χ2n) is 5.77. The molecular weight excluding hydrogens is 354 g/mol. The molecule has 0 saturated carbocycles. The summed E-state index contributed by atoms with van der Waals surface area (Å²) in [6.07, 6.45) is 0. The second kappa shape index (κ2) is 6.80. The highest BCUT2D eigenvalue weighted by Crippen LogP contribution is 2.47. The molecular formula is C20H14F2N2OS. The van der Waals surface area contributed by atoms with Crippen LogP contribution in [0, 0.1) is 11.6 Å². The quantitative estimate of drug-likeness (QED) is 0.650. The number of hydrogen-bond acceptors (Lipinski definition) is 2. The van der Waals surface area contributed by atoms with Crippen molar-refractivity contribution in [2.45, 2.75) is 16.3 Å². The van der Waals surface area contributed by atoms with Crippen LogP contribution in [0.5, 0.6) is 0 Å². The van der Waals surface area contributed by atoms with Gasteiger partial charge in [0.1, 0.15) is 11.6 Å². The normalized spacial score (nSPS) is 12.3. The number of anilines is 2. The highest BCUT2D eigenvalue weighted by atomic mass is 32.2. The van der Waals surface area contributed by atoms with Gasteiger partial charge in [-0.3, -0.25) is 4.90 Å². The fourth-order valence-electron chi connectivity index (χ4n) is 2.84. The van der Waals surface area contributed by atoms with Crippen molar-refractivity contribution in [2.75, 3.05) is 4.90 Å². The molecule has 1 aliphatic heterocycles. The van der Waals surface area contributed by atoms with Crippen LogP contribution in [0.15, 0.2) is 76.5 Å². The van der Waals surface area contributed by atoms with E-state index in [-0.39, 0.29) is 18.1 Å². The molecule has 3 nitrogen and oxygen atoms in total. The lowest BCUT2D eigenvalue weighted by atomic mass is 10.2. The number of benzene rings is 3. The average molecular weight is 368 g/mol. The molecule has 6 heteroatoms. The van der Waals surface area contributed by atoms with Crippen LogP contribution in [0.2, 0.25) is 0 Å². The van der Waals surface area contributed by atoms with Crippen LogP contribution in [-0.2, 0) is 6.54 Å². The highest BCUT2D eigenvalue weighted by molar-refractivity contribution is 7.99. The van der Waals surface area contributed by atoms with E-state index in [0.29, 0.717) is 0 Å². The van der Waals surface area contributed by atoms with E-state index in [0.717, 1.165) is 27.2 Å². The van der Waals surface area contributed by atoms with E-state index < -0.39 is 11.6 Å². The first-order chi connectivity index (χ1) is 12.6. The van der Waals surface area contributed by atoms with Gasteiger partial charge in [-0.1, -0.05) is 42.1 Å². The van der Waals surface area contributed by atoms with Crippen molar-refractivity contribution in [1.82, 2.24) is 5.32 Å². The summed E-state index contributed by atoms with van der Waals surface area (Å²) >= 11 is 1.60. The van der Waals surface area contributed by atoms with E-state index in [9.17, 15) is 13.6 Å². The van der Waals surface area contributed by atoms with Gasteiger partial charge < -0.3 is 5.32 Å². The molecule has 26 heavy (non-hydrogen) atoms. The molecule has 0 atom stereocenters. The summed E-state index contributed by atoms with van der Waals surface area (Å²) in [5.74, 6) is -1.33. The molecule has 0 saturated heterocycles. The number of nitrogens with zero attached hydrogens (tertiary/aromatic N) is 1. The van der Waals surface area contributed by atoms with Gasteiger partial charge in [0.25, 0.3) is 0 Å². The van der Waals surface area contributed by atoms with Crippen LogP contribution < -0.4 is 10.2 Å². The van der Waals surface area contributed by atoms with Crippen LogP contribution in [0.25, 0.3) is 0 Å². The molecule has 1 N–H and O–H groups in total. The molecule has 2 amide bonds. The van der Waals surface area contributed by atoms with Crippen molar-refractivity contribution in [3.05, 3.63) is 83.9 Å². The van der Waals surface area contributed by atoms with Crippen molar-refractivity contribution in [2.24, 2.45) is 0 Å². The topological polar surface area (TPSA) is 32.3 Å². The van der Waals surface area contributed by atoms with Gasteiger partial charge in [-0.15, -0.1) is 0 Å². The maximum absolute atomic E-state index is 13.8. The third-order valence-electron chi connectivity index (χ3n) is 4.08. The van der Waals surface area contributed by atoms with E-state index in [2.05, 4.69) is 5.32 Å². The van der Waals surface area contributed by atoms with E-state index >= 15 is 0 Å². The fraction of sp³-hybridized carbons (Fsp3) is 0.0500. The Morgan fingerprint density at radius 2 is 1.54 bits per heavy atom. The van der Waals surface area contributed by atoms with Gasteiger partial charge in [0.2, 0.25) is 0 Å². The number of carbonyl (C=O) groups excluding carboxylic acids is 1. The Kier molecular flexibility index (Phi) is 4.34. The Morgan fingerprint density at radius 1 is 0.923 bits per heavy atom. The maximum atomic E-state index is 13.8. The average Bonchev–Trinajstić information content (AvgIpc) is 2.65. The summed E-state index contributed by atoms with van der Waals surface area (Å²) in [7, 11) is 0. The van der Waals surface area contributed by atoms with Gasteiger partial charge in [-0.2, -0.15) is 0 Å². The zero-order valence-electron chi connectivity index (χ0n) is 13.6. The van der Waals surface area contributed by atoms with Crippen molar-refractivity contribution in [1.29, 1.82) is 0 Å². The molecule has 0 radical (unpaired) electrons. The number of urea groups is 1. The molecule has 0 fully saturated rings. The van der Waals surface area contributed by atoms with Crippen LogP contribution in [0.4, 0.5) is 25.0 Å². The van der Waals surface area contributed by atoms with Crippen LogP contribution in [0.1, 0.15) is 5.56 Å². The molecule has 0 aliphatic carbocycles. The predicted molar refractivity (Wildman–Crippen MR) is 97.7 cm³/mol. The fourth-order valence-corrected chi connectivity index (χ4v) is 3.90. The lowest BCUT2D eigenvalue weighted by molar-refractivity contribution is 0.248. The Bertz CT molecular complexity index is 948. The standard InChI is InChI=1S/C20H14F2N2OS/c21-14-10-9-13(15(22)11-14)12-23-20(25)24-16-5-1-3-7-18(16)26-19-8-4-2-6-17(19)24/h1-11H,12H2,(H,23,25). The third-order valence-corrected chi connectivity index (χ3v) is 5.21. The van der Waals surface area contributed by atoms with Crippen molar-refractivity contribution in [3.8, 4) is 0 Å². The lowest BCUT2D eigenvalue weighted by Gasteiger charge is -2.31. The van der Waals surface area contributed by atoms with Gasteiger partial charge in [-0.25, -0.2) is 13.6 Å². The maximum Gasteiger partial charge on any atom is 0.326 e. The van der Waals surface area contributed by atoms with Crippen molar-refractivity contribution < 1.29 is 13.6 Å². The van der Waals surface area contributed by atoms with E-state index in [1.807, 2.05) is 48.5 Å². The Labute approximate surface area is 153 Å². The molecule has 0 unspecified atom stereocenters. The van der Waals surface area contributed by atoms with Gasteiger partial charge in [-0.05, 0) is 30.3 Å². The van der Waals surface area contributed by atoms with E-state index in [1.165, 1.54) is 12.1 Å². The monoisotopic (exact) mass is 368 g/mol. The van der Waals surface area contributed by atoms with Gasteiger partial charge in [0.15, 0.2) is 0 Å². The molecule has 4 rings (SSSR count). The van der Waals surface area contributed by atoms with Crippen molar-refractivity contribution >= 4 is 29.2 Å². The first-order valence-corrected chi connectivity index (χ1v) is 8.83. The van der Waals surface area contributed by atoms with Crippen molar-refractivity contribution in [3.63, 3.8) is 0 Å². The summed E-state index contributed by atoms with van der Waals surface area (Å²) in [6, 6.07) is 18.2. The molecule has 1 aliphatic rings. The number of nitrogens with one attached hydrogen (secondary N) is 1. The smallest absolute Gasteiger partial charge is 0.326 e. The summed E-state index contributed by atoms with van der Waals surface area (Å²) in [6.45, 7) is -0.0288. The minimum Gasteiger partial charge on any atom is -0.333 e. The number of carbonyl (C=O) groups is 1. The van der Waals surface area contributed by atoms with Gasteiger partial charge >= 0.3 is 6.03 Å². The van der Waals surface area contributed by atoms with Gasteiger partial charge in [0, 0.05) is 28.0 Å². The number of rotatable bonds is 2. The number of para-hydroxylation sites is 2. The molecule has 3 aromatic rings. The zero-order chi connectivity index (χ0) is 18.1. The minimum absolute atomic E-state index is 0.0288. The van der Waals surface area contributed by atoms with E-state index in [4.69, 9.17) is 0 Å². The molecule has 3 aromatic carbocycles. The van der Waals surface area contributed by atoms with Crippen LogP contribution in [-0.4, -0.2) is 6.03 Å². The molecule has 0 spiro atoms. The van der Waals surface area contributed by atoms with Crippen LogP contribution >= 0.6 is 11.8 Å². The molecule has 130 valence electrons. The minimum atomic E-state index is -0.680. The highest BCUT2D eigenvalue weighted by Gasteiger charge is 2.27. The number of fused-ring (bicyclic) bond motifs is 2. The largest absolute Gasteiger partial charge is 0.333 e. The zero-order valence-corrected chi connectivity index (χ0v) is 14.4. The molecule has 1 heterocycles. The SMILES string of the molecule is O=C(NCc1ccc(F)cc1F)N1c2ccccc2Sc2ccccc21. The third kappa shape index (κ3) is 3.04. The van der Waals surface area contributed by atoms with E-state index in [1.54, 1.807) is 16.7 Å². The summed E-state index contributed by atoms with van der Waals surface area (Å²) < 4.78 is 26.8. The second-order valence-corrected chi connectivity index (χ2v) is 6.85. The first kappa shape index (κ1) is 16.6. The number of amides is 2. The number of halogens is 2. The molecule has 0 bridgehead atoms. The Balaban J connectivity index is 1.63. The first-order valence-electron chi connectivity index (χ1n) is 8.01.